The molecule has 2 aliphatic heterocycles. The van der Waals surface area contributed by atoms with Crippen molar-refractivity contribution in [2.75, 3.05) is 7.11 Å². The molecule has 0 aromatic heterocycles. The number of nitrogens with one attached hydrogen (secondary N) is 1. The van der Waals surface area contributed by atoms with Gasteiger partial charge in [-0.3, -0.25) is 4.79 Å². The highest BCUT2D eigenvalue weighted by molar-refractivity contribution is 5.99. The second kappa shape index (κ2) is 6.10. The van der Waals surface area contributed by atoms with Crippen molar-refractivity contribution in [3.8, 4) is 11.5 Å². The van der Waals surface area contributed by atoms with Crippen molar-refractivity contribution in [1.82, 2.24) is 5.32 Å². The third-order valence-electron chi connectivity index (χ3n) is 4.39. The molecule has 0 unspecified atom stereocenters. The van der Waals surface area contributed by atoms with Crippen LogP contribution in [0.2, 0.25) is 0 Å². The summed E-state index contributed by atoms with van der Waals surface area (Å²) in [7, 11) is 1.57. The topological polar surface area (TPSA) is 73.9 Å². The van der Waals surface area contributed by atoms with E-state index in [1.807, 2.05) is 32.0 Å². The molecule has 0 aliphatic carbocycles. The molecule has 25 heavy (non-hydrogen) atoms. The van der Waals surface area contributed by atoms with Gasteiger partial charge in [-0.15, -0.1) is 0 Å². The molecular formula is C19H23NO5. The number of esters is 1. The van der Waals surface area contributed by atoms with Gasteiger partial charge in [-0.1, -0.05) is 6.07 Å². The van der Waals surface area contributed by atoms with Crippen LogP contribution in [0, 0.1) is 0 Å². The molecule has 0 spiro atoms. The Morgan fingerprint density at radius 1 is 1.24 bits per heavy atom. The Morgan fingerprint density at radius 2 is 1.96 bits per heavy atom. The summed E-state index contributed by atoms with van der Waals surface area (Å²) < 4.78 is 16.6. The van der Waals surface area contributed by atoms with Crippen LogP contribution in [0.5, 0.6) is 11.5 Å². The Balaban J connectivity index is 2.05. The Kier molecular flexibility index (Phi) is 4.22. The summed E-state index contributed by atoms with van der Waals surface area (Å²) in [6, 6.07) is 5.50. The van der Waals surface area contributed by atoms with Crippen molar-refractivity contribution in [3.63, 3.8) is 0 Å². The number of hydrogen-bond donors (Lipinski definition) is 1. The molecule has 6 heteroatoms. The maximum Gasteiger partial charge on any atom is 0.337 e. The predicted molar refractivity (Wildman–Crippen MR) is 91.5 cm³/mol. The van der Waals surface area contributed by atoms with Crippen LogP contribution >= 0.6 is 0 Å². The van der Waals surface area contributed by atoms with E-state index in [1.54, 1.807) is 21.0 Å². The first-order valence-electron chi connectivity index (χ1n) is 8.35. The molecule has 2 heterocycles. The van der Waals surface area contributed by atoms with Gasteiger partial charge in [0.05, 0.1) is 24.5 Å². The van der Waals surface area contributed by atoms with E-state index in [4.69, 9.17) is 14.2 Å². The lowest BCUT2D eigenvalue weighted by molar-refractivity contribution is -0.144. The Morgan fingerprint density at radius 3 is 2.60 bits per heavy atom. The summed E-state index contributed by atoms with van der Waals surface area (Å²) in [5.74, 6) is 0.332. The molecule has 0 fully saturated rings. The van der Waals surface area contributed by atoms with Gasteiger partial charge < -0.3 is 19.5 Å². The summed E-state index contributed by atoms with van der Waals surface area (Å²) in [5, 5.41) is 2.80. The van der Waals surface area contributed by atoms with Gasteiger partial charge >= 0.3 is 5.97 Å². The highest BCUT2D eigenvalue weighted by atomic mass is 16.6. The van der Waals surface area contributed by atoms with Gasteiger partial charge in [0.25, 0.3) is 0 Å². The Labute approximate surface area is 147 Å². The van der Waals surface area contributed by atoms with Gasteiger partial charge in [0.2, 0.25) is 5.91 Å². The van der Waals surface area contributed by atoms with Crippen LogP contribution in [0.1, 0.15) is 45.6 Å². The molecule has 1 aromatic rings. The highest BCUT2D eigenvalue weighted by Gasteiger charge is 2.47. The zero-order valence-electron chi connectivity index (χ0n) is 15.1. The number of carbonyl (C=O) groups excluding carboxylic acids is 2. The number of methoxy groups -OCH3 is 1. The summed E-state index contributed by atoms with van der Waals surface area (Å²) in [6.45, 7) is 7.42. The van der Waals surface area contributed by atoms with Crippen molar-refractivity contribution in [1.29, 1.82) is 0 Å². The first-order valence-corrected chi connectivity index (χ1v) is 8.35. The number of rotatable bonds is 4. The molecule has 1 aromatic carbocycles. The van der Waals surface area contributed by atoms with Crippen molar-refractivity contribution in [3.05, 3.63) is 35.0 Å². The fourth-order valence-electron chi connectivity index (χ4n) is 3.31. The molecule has 0 radical (unpaired) electrons. The third kappa shape index (κ3) is 3.08. The molecule has 1 N–H and O–H groups in total. The quantitative estimate of drug-likeness (QED) is 0.849. The maximum atomic E-state index is 12.4. The second-order valence-electron chi connectivity index (χ2n) is 7.07. The average molecular weight is 345 g/mol. The lowest BCUT2D eigenvalue weighted by Crippen LogP contribution is -2.38. The summed E-state index contributed by atoms with van der Waals surface area (Å²) in [5.41, 5.74) is 1.07. The number of amides is 1. The van der Waals surface area contributed by atoms with E-state index in [2.05, 4.69) is 5.32 Å². The van der Waals surface area contributed by atoms with Crippen LogP contribution in [-0.4, -0.2) is 30.7 Å². The molecule has 0 bridgehead atoms. The van der Waals surface area contributed by atoms with Crippen molar-refractivity contribution >= 4 is 11.9 Å². The second-order valence-corrected chi connectivity index (χ2v) is 7.07. The molecule has 1 atom stereocenters. The first kappa shape index (κ1) is 17.3. The van der Waals surface area contributed by atoms with Crippen LogP contribution in [-0.2, 0) is 14.3 Å². The zero-order valence-corrected chi connectivity index (χ0v) is 15.1. The van der Waals surface area contributed by atoms with E-state index in [0.29, 0.717) is 22.8 Å². The number of ether oxygens (including phenoxy) is 3. The summed E-state index contributed by atoms with van der Waals surface area (Å²) in [6.07, 6.45) is 0.206. The van der Waals surface area contributed by atoms with Gasteiger partial charge in [-0.05, 0) is 45.4 Å². The lowest BCUT2D eigenvalue weighted by atomic mass is 9.82. The van der Waals surface area contributed by atoms with Crippen LogP contribution in [0.4, 0.5) is 0 Å². The maximum absolute atomic E-state index is 12.4. The van der Waals surface area contributed by atoms with Crippen molar-refractivity contribution in [2.24, 2.45) is 0 Å². The van der Waals surface area contributed by atoms with Crippen LogP contribution in [0.15, 0.2) is 29.5 Å². The van der Waals surface area contributed by atoms with Crippen LogP contribution < -0.4 is 14.8 Å². The molecular weight excluding hydrogens is 322 g/mol. The van der Waals surface area contributed by atoms with E-state index in [-0.39, 0.29) is 30.3 Å². The Hall–Kier alpha value is -2.50. The van der Waals surface area contributed by atoms with Gasteiger partial charge in [-0.2, -0.15) is 0 Å². The molecule has 134 valence electrons. The van der Waals surface area contributed by atoms with Crippen molar-refractivity contribution < 1.29 is 23.8 Å². The van der Waals surface area contributed by atoms with Crippen LogP contribution in [0.3, 0.4) is 0 Å². The normalized spacial score (nSPS) is 21.8. The van der Waals surface area contributed by atoms with E-state index >= 15 is 0 Å². The minimum absolute atomic E-state index is 0.0140. The minimum Gasteiger partial charge on any atom is -0.493 e. The van der Waals surface area contributed by atoms with E-state index < -0.39 is 5.60 Å². The van der Waals surface area contributed by atoms with Gasteiger partial charge in [0, 0.05) is 12.3 Å². The fraction of sp³-hybridized carbons (Fsp3) is 0.474. The largest absolute Gasteiger partial charge is 0.493 e. The fourth-order valence-corrected chi connectivity index (χ4v) is 3.31. The lowest BCUT2D eigenvalue weighted by Gasteiger charge is -2.27. The van der Waals surface area contributed by atoms with E-state index in [9.17, 15) is 9.59 Å². The van der Waals surface area contributed by atoms with Crippen molar-refractivity contribution in [2.45, 2.75) is 51.7 Å². The molecule has 0 saturated carbocycles. The summed E-state index contributed by atoms with van der Waals surface area (Å²) in [4.78, 5) is 24.6. The smallest absolute Gasteiger partial charge is 0.337 e. The average Bonchev–Trinajstić information content (AvgIpc) is 2.75. The van der Waals surface area contributed by atoms with Gasteiger partial charge in [-0.25, -0.2) is 4.79 Å². The van der Waals surface area contributed by atoms with E-state index in [1.165, 1.54) is 0 Å². The molecule has 0 saturated heterocycles. The SMILES string of the molecule is COc1cc([C@@H]2CC(=O)NC3=C2C(=O)OC3(C)C)ccc1OC(C)C. The number of hydrogen-bond acceptors (Lipinski definition) is 5. The van der Waals surface area contributed by atoms with Gasteiger partial charge in [0.15, 0.2) is 11.5 Å². The Bertz CT molecular complexity index is 763. The predicted octanol–water partition coefficient (Wildman–Crippen LogP) is 2.68. The third-order valence-corrected chi connectivity index (χ3v) is 4.39. The highest BCUT2D eigenvalue weighted by Crippen LogP contribution is 2.44. The standard InChI is InChI=1S/C19H23NO5/c1-10(2)24-13-7-6-11(8-14(13)23-5)12-9-15(21)20-17-16(12)18(22)25-19(17,3)4/h6-8,10,12H,9H2,1-5H3,(H,20,21)/t12-/m0/s1. The van der Waals surface area contributed by atoms with E-state index in [0.717, 1.165) is 5.56 Å². The molecule has 6 nitrogen and oxygen atoms in total. The van der Waals surface area contributed by atoms with Gasteiger partial charge in [0.1, 0.15) is 5.60 Å². The zero-order chi connectivity index (χ0) is 18.4. The monoisotopic (exact) mass is 345 g/mol. The van der Waals surface area contributed by atoms with Crippen LogP contribution in [0.25, 0.3) is 0 Å². The molecule has 2 aliphatic rings. The summed E-state index contributed by atoms with van der Waals surface area (Å²) >= 11 is 0. The molecule has 1 amide bonds. The number of cyclic esters (lactones) is 1. The number of carbonyl (C=O) groups is 2. The molecule has 3 rings (SSSR count). The minimum atomic E-state index is -0.828. The number of benzene rings is 1. The first-order chi connectivity index (χ1) is 11.7.